The van der Waals surface area contributed by atoms with E-state index in [0.717, 1.165) is 0 Å². The van der Waals surface area contributed by atoms with Gasteiger partial charge in [0.1, 0.15) is 11.9 Å². The second-order valence-electron chi connectivity index (χ2n) is 10.2. The highest BCUT2D eigenvalue weighted by Crippen LogP contribution is 2.40. The molecule has 1 saturated carbocycles. The van der Waals surface area contributed by atoms with E-state index in [1.807, 2.05) is 20.8 Å². The fourth-order valence-electron chi connectivity index (χ4n) is 4.14. The minimum atomic E-state index is -4.88. The number of nitrogens with zero attached hydrogens (tertiary/aromatic N) is 2. The Bertz CT molecular complexity index is 1390. The number of fused-ring (bicyclic) bond motifs is 1. The Kier molecular flexibility index (Phi) is 6.66. The van der Waals surface area contributed by atoms with E-state index >= 15 is 0 Å². The van der Waals surface area contributed by atoms with Crippen molar-refractivity contribution in [1.29, 1.82) is 0 Å². The maximum absolute atomic E-state index is 14.1. The van der Waals surface area contributed by atoms with E-state index in [0.29, 0.717) is 37.2 Å². The van der Waals surface area contributed by atoms with Gasteiger partial charge in [0.15, 0.2) is 0 Å². The molecule has 5 nitrogen and oxygen atoms in total. The fourth-order valence-corrected chi connectivity index (χ4v) is 5.68. The van der Waals surface area contributed by atoms with Crippen molar-refractivity contribution in [3.05, 3.63) is 53.6 Å². The number of sulfonamides is 1. The predicted molar refractivity (Wildman–Crippen MR) is 123 cm³/mol. The highest BCUT2D eigenvalue weighted by molar-refractivity contribution is 7.90. The number of rotatable bonds is 7. The number of hydrogen-bond donors (Lipinski definition) is 1. The van der Waals surface area contributed by atoms with Gasteiger partial charge in [-0.25, -0.2) is 26.3 Å². The molecule has 2 heterocycles. The van der Waals surface area contributed by atoms with Crippen LogP contribution in [0.15, 0.2) is 36.7 Å². The van der Waals surface area contributed by atoms with Crippen molar-refractivity contribution < 1.29 is 34.8 Å². The second kappa shape index (κ2) is 9.05. The monoisotopic (exact) mass is 533 g/mol. The van der Waals surface area contributed by atoms with Crippen molar-refractivity contribution in [3.63, 3.8) is 0 Å². The van der Waals surface area contributed by atoms with Crippen LogP contribution in [0.1, 0.15) is 50.8 Å². The first-order valence-electron chi connectivity index (χ1n) is 11.2. The molecule has 0 amide bonds. The molecule has 0 aliphatic heterocycles. The van der Waals surface area contributed by atoms with Gasteiger partial charge in [0.25, 0.3) is 6.43 Å². The van der Waals surface area contributed by atoms with Crippen LogP contribution in [0.25, 0.3) is 22.2 Å². The van der Waals surface area contributed by atoms with Crippen LogP contribution in [0.5, 0.6) is 0 Å². The minimum absolute atomic E-state index is 0.0155. The molecule has 0 radical (unpaired) electrons. The normalized spacial score (nSPS) is 16.2. The average molecular weight is 534 g/mol. The zero-order valence-corrected chi connectivity index (χ0v) is 20.5. The van der Waals surface area contributed by atoms with Crippen molar-refractivity contribution >= 4 is 20.9 Å². The molecule has 1 atom stereocenters. The summed E-state index contributed by atoms with van der Waals surface area (Å²) in [5, 5.41) is -0.443. The molecule has 12 heteroatoms. The number of benzene rings is 1. The van der Waals surface area contributed by atoms with E-state index in [1.165, 1.54) is 24.4 Å². The summed E-state index contributed by atoms with van der Waals surface area (Å²) in [5.41, 5.74) is -1.76. The Morgan fingerprint density at radius 2 is 1.81 bits per heavy atom. The van der Waals surface area contributed by atoms with Crippen molar-refractivity contribution in [2.75, 3.05) is 0 Å². The molecule has 0 saturated heterocycles. The van der Waals surface area contributed by atoms with Crippen molar-refractivity contribution in [2.24, 2.45) is 5.41 Å². The van der Waals surface area contributed by atoms with Crippen LogP contribution < -0.4 is 4.72 Å². The lowest BCUT2D eigenvalue weighted by molar-refractivity contribution is -0.137. The lowest BCUT2D eigenvalue weighted by Gasteiger charge is -2.20. The molecular weight excluding hydrogens is 508 g/mol. The topological polar surface area (TPSA) is 64.0 Å². The Morgan fingerprint density at radius 3 is 2.36 bits per heavy atom. The largest absolute Gasteiger partial charge is 0.418 e. The number of aromatic nitrogens is 2. The van der Waals surface area contributed by atoms with E-state index in [2.05, 4.69) is 9.71 Å². The van der Waals surface area contributed by atoms with Crippen LogP contribution in [0.2, 0.25) is 0 Å². The predicted octanol–water partition coefficient (Wildman–Crippen LogP) is 6.30. The van der Waals surface area contributed by atoms with Crippen LogP contribution in [0.4, 0.5) is 26.3 Å². The maximum atomic E-state index is 14.1. The number of hydrogen-bond acceptors (Lipinski definition) is 3. The quantitative estimate of drug-likeness (QED) is 0.363. The number of halogens is 6. The van der Waals surface area contributed by atoms with Gasteiger partial charge in [-0.2, -0.15) is 13.2 Å². The third kappa shape index (κ3) is 5.54. The van der Waals surface area contributed by atoms with E-state index in [-0.39, 0.29) is 21.9 Å². The molecule has 0 bridgehead atoms. The van der Waals surface area contributed by atoms with Gasteiger partial charge in [0, 0.05) is 34.8 Å². The molecule has 1 fully saturated rings. The Morgan fingerprint density at radius 1 is 1.14 bits per heavy atom. The molecule has 36 heavy (non-hydrogen) atoms. The summed E-state index contributed by atoms with van der Waals surface area (Å²) >= 11 is 0. The highest BCUT2D eigenvalue weighted by Gasteiger charge is 2.40. The standard InChI is InChI=1S/C24H25F6N3O2S/c1-23(2,3)12-33-11-17(21(22(26)27)32-36(34,35)15-5-6-15)16-7-4-13(8-19(16)33)20-18(24(28,29)30)9-14(25)10-31-20/h4,7-11,15,21-22,32H,5-6,12H2,1-3H3/t21-/m0/s1. The number of nitrogens with one attached hydrogen (secondary N) is 1. The zero-order valence-electron chi connectivity index (χ0n) is 19.7. The van der Waals surface area contributed by atoms with Crippen molar-refractivity contribution in [1.82, 2.24) is 14.3 Å². The summed E-state index contributed by atoms with van der Waals surface area (Å²) in [5.74, 6) is -1.15. The van der Waals surface area contributed by atoms with Crippen molar-refractivity contribution in [3.8, 4) is 11.3 Å². The van der Waals surface area contributed by atoms with Crippen LogP contribution in [-0.4, -0.2) is 29.6 Å². The SMILES string of the molecule is CC(C)(C)Cn1cc([C@H](NS(=O)(=O)C2CC2)C(F)F)c2ccc(-c3ncc(F)cc3C(F)(F)F)cc21. The van der Waals surface area contributed by atoms with Gasteiger partial charge in [-0.05, 0) is 30.4 Å². The van der Waals surface area contributed by atoms with Gasteiger partial charge in [0.2, 0.25) is 10.0 Å². The van der Waals surface area contributed by atoms with Gasteiger partial charge < -0.3 is 4.57 Å². The molecular formula is C24H25F6N3O2S. The lowest BCUT2D eigenvalue weighted by atomic mass is 9.97. The van der Waals surface area contributed by atoms with Crippen LogP contribution >= 0.6 is 0 Å². The third-order valence-corrected chi connectivity index (χ3v) is 7.76. The zero-order chi connectivity index (χ0) is 26.6. The van der Waals surface area contributed by atoms with Crippen molar-refractivity contribution in [2.45, 2.75) is 64.1 Å². The van der Waals surface area contributed by atoms with E-state index in [1.54, 1.807) is 4.57 Å². The lowest BCUT2D eigenvalue weighted by Crippen LogP contribution is -2.35. The first-order valence-corrected chi connectivity index (χ1v) is 12.8. The first-order chi connectivity index (χ1) is 16.6. The summed E-state index contributed by atoms with van der Waals surface area (Å²) in [6.07, 6.45) is -5.07. The molecule has 0 unspecified atom stereocenters. The summed E-state index contributed by atoms with van der Waals surface area (Å²) in [4.78, 5) is 3.66. The third-order valence-electron chi connectivity index (χ3n) is 5.83. The Hall–Kier alpha value is -2.60. The van der Waals surface area contributed by atoms with Gasteiger partial charge in [-0.15, -0.1) is 0 Å². The van der Waals surface area contributed by atoms with Gasteiger partial charge in [-0.1, -0.05) is 32.9 Å². The van der Waals surface area contributed by atoms with E-state index in [9.17, 15) is 34.8 Å². The molecule has 1 aromatic carbocycles. The summed E-state index contributed by atoms with van der Waals surface area (Å²) in [6.45, 7) is 5.99. The fraction of sp³-hybridized carbons (Fsp3) is 0.458. The summed E-state index contributed by atoms with van der Waals surface area (Å²) in [7, 11) is -3.96. The van der Waals surface area contributed by atoms with Crippen LogP contribution in [0, 0.1) is 11.2 Å². The first kappa shape index (κ1) is 26.5. The maximum Gasteiger partial charge on any atom is 0.418 e. The molecule has 1 N–H and O–H groups in total. The summed E-state index contributed by atoms with van der Waals surface area (Å²) < 4.78 is 111. The molecule has 2 aromatic heterocycles. The molecule has 0 spiro atoms. The van der Waals surface area contributed by atoms with Gasteiger partial charge in [0.05, 0.1) is 22.7 Å². The van der Waals surface area contributed by atoms with E-state index < -0.39 is 51.0 Å². The summed E-state index contributed by atoms with van der Waals surface area (Å²) in [6, 6.07) is 2.54. The van der Waals surface area contributed by atoms with Gasteiger partial charge >= 0.3 is 6.18 Å². The molecule has 4 rings (SSSR count). The number of pyridine rings is 1. The van der Waals surface area contributed by atoms with Crippen LogP contribution in [0.3, 0.4) is 0 Å². The second-order valence-corrected chi connectivity index (χ2v) is 12.2. The molecule has 196 valence electrons. The van der Waals surface area contributed by atoms with E-state index in [4.69, 9.17) is 0 Å². The van der Waals surface area contributed by atoms with Crippen LogP contribution in [-0.2, 0) is 22.7 Å². The average Bonchev–Trinajstić information content (AvgIpc) is 3.55. The molecule has 1 aliphatic rings. The Balaban J connectivity index is 1.89. The minimum Gasteiger partial charge on any atom is -0.347 e. The number of alkyl halides is 5. The molecule has 3 aromatic rings. The van der Waals surface area contributed by atoms with Gasteiger partial charge in [-0.3, -0.25) is 4.98 Å². The highest BCUT2D eigenvalue weighted by atomic mass is 32.2. The molecule has 1 aliphatic carbocycles. The smallest absolute Gasteiger partial charge is 0.347 e. The Labute approximate surface area is 204 Å².